The summed E-state index contributed by atoms with van der Waals surface area (Å²) in [5, 5.41) is 4.52. The Balaban J connectivity index is 2.18. The number of hydrogen-bond donors (Lipinski definition) is 1. The van der Waals surface area contributed by atoms with Crippen molar-refractivity contribution in [1.29, 1.82) is 0 Å². The fourth-order valence-electron chi connectivity index (χ4n) is 3.12. The first-order chi connectivity index (χ1) is 8.85. The summed E-state index contributed by atoms with van der Waals surface area (Å²) in [5.41, 5.74) is 8.50. The van der Waals surface area contributed by atoms with Crippen LogP contribution in [0.3, 0.4) is 0 Å². The molecule has 2 rings (SSSR count). The normalized spacial score (nSPS) is 19.6. The van der Waals surface area contributed by atoms with Crippen molar-refractivity contribution in [3.05, 3.63) is 5.69 Å². The van der Waals surface area contributed by atoms with Crippen molar-refractivity contribution in [1.82, 2.24) is 9.78 Å². The lowest BCUT2D eigenvalue weighted by atomic mass is 9.75. The highest BCUT2D eigenvalue weighted by Gasteiger charge is 2.30. The van der Waals surface area contributed by atoms with Gasteiger partial charge in [-0.25, -0.2) is 4.68 Å². The van der Waals surface area contributed by atoms with Gasteiger partial charge >= 0.3 is 0 Å². The van der Waals surface area contributed by atoms with E-state index in [0.717, 1.165) is 23.7 Å². The summed E-state index contributed by atoms with van der Waals surface area (Å²) in [6.07, 6.45) is 5.08. The molecular weight excluding hydrogens is 236 g/mol. The van der Waals surface area contributed by atoms with Crippen molar-refractivity contribution in [2.24, 2.45) is 5.41 Å². The van der Waals surface area contributed by atoms with E-state index in [2.05, 4.69) is 37.8 Å². The molecule has 1 aliphatic rings. The molecule has 0 aliphatic heterocycles. The molecule has 108 valence electrons. The molecular formula is C15H28N4. The summed E-state index contributed by atoms with van der Waals surface area (Å²) in [6, 6.07) is 0.594. The predicted molar refractivity (Wildman–Crippen MR) is 81.5 cm³/mol. The Morgan fingerprint density at radius 1 is 1.37 bits per heavy atom. The molecule has 0 atom stereocenters. The zero-order chi connectivity index (χ0) is 14.2. The van der Waals surface area contributed by atoms with Crippen LogP contribution in [-0.2, 0) is 6.54 Å². The Hall–Kier alpha value is -1.19. The van der Waals surface area contributed by atoms with E-state index in [0.29, 0.717) is 11.5 Å². The molecule has 1 heterocycles. The lowest BCUT2D eigenvalue weighted by Crippen LogP contribution is -2.38. The lowest BCUT2D eigenvalue weighted by Gasteiger charge is -2.39. The summed E-state index contributed by atoms with van der Waals surface area (Å²) < 4.78 is 2.03. The Bertz CT molecular complexity index is 437. The smallest absolute Gasteiger partial charge is 0.150 e. The van der Waals surface area contributed by atoms with Crippen LogP contribution in [-0.4, -0.2) is 22.9 Å². The number of anilines is 2. The third-order valence-electron chi connectivity index (χ3n) is 4.64. The SMILES string of the molecule is CCn1nc(C)c(N)c1N(C)C1CCC(C)(C)CC1. The summed E-state index contributed by atoms with van der Waals surface area (Å²) in [7, 11) is 2.17. The zero-order valence-electron chi connectivity index (χ0n) is 13.0. The zero-order valence-corrected chi connectivity index (χ0v) is 13.0. The van der Waals surface area contributed by atoms with E-state index in [4.69, 9.17) is 5.73 Å². The fraction of sp³-hybridized carbons (Fsp3) is 0.800. The molecule has 4 heteroatoms. The number of rotatable bonds is 3. The van der Waals surface area contributed by atoms with Crippen molar-refractivity contribution in [3.8, 4) is 0 Å². The van der Waals surface area contributed by atoms with Crippen LogP contribution in [0.15, 0.2) is 0 Å². The molecule has 1 aliphatic carbocycles. The Morgan fingerprint density at radius 2 is 1.95 bits per heavy atom. The highest BCUT2D eigenvalue weighted by Crippen LogP contribution is 2.39. The Morgan fingerprint density at radius 3 is 2.47 bits per heavy atom. The topological polar surface area (TPSA) is 47.1 Å². The van der Waals surface area contributed by atoms with Crippen LogP contribution < -0.4 is 10.6 Å². The molecule has 4 nitrogen and oxygen atoms in total. The number of aromatic nitrogens is 2. The van der Waals surface area contributed by atoms with Gasteiger partial charge in [-0.2, -0.15) is 5.10 Å². The molecule has 0 unspecified atom stereocenters. The van der Waals surface area contributed by atoms with Crippen LogP contribution in [0, 0.1) is 12.3 Å². The summed E-state index contributed by atoms with van der Waals surface area (Å²) in [6.45, 7) is 9.72. The average Bonchev–Trinajstić information content (AvgIpc) is 2.64. The third-order valence-corrected chi connectivity index (χ3v) is 4.64. The second kappa shape index (κ2) is 5.06. The van der Waals surface area contributed by atoms with Crippen LogP contribution in [0.25, 0.3) is 0 Å². The number of hydrogen-bond acceptors (Lipinski definition) is 3. The molecule has 0 aromatic carbocycles. The van der Waals surface area contributed by atoms with Gasteiger partial charge in [-0.15, -0.1) is 0 Å². The van der Waals surface area contributed by atoms with Gasteiger partial charge in [0.05, 0.1) is 11.4 Å². The van der Waals surface area contributed by atoms with E-state index in [1.807, 2.05) is 11.6 Å². The fourth-order valence-corrected chi connectivity index (χ4v) is 3.12. The minimum absolute atomic E-state index is 0.504. The number of nitrogens with zero attached hydrogens (tertiary/aromatic N) is 3. The first kappa shape index (κ1) is 14.2. The van der Waals surface area contributed by atoms with E-state index in [1.54, 1.807) is 0 Å². The van der Waals surface area contributed by atoms with Crippen LogP contribution in [0.1, 0.15) is 52.1 Å². The van der Waals surface area contributed by atoms with Crippen molar-refractivity contribution >= 4 is 11.5 Å². The monoisotopic (exact) mass is 264 g/mol. The summed E-state index contributed by atoms with van der Waals surface area (Å²) in [4.78, 5) is 2.36. The Kier molecular flexibility index (Phi) is 3.79. The number of nitrogens with two attached hydrogens (primary N) is 1. The molecule has 19 heavy (non-hydrogen) atoms. The molecule has 0 radical (unpaired) electrons. The van der Waals surface area contributed by atoms with Crippen LogP contribution in [0.2, 0.25) is 0 Å². The molecule has 0 bridgehead atoms. The summed E-state index contributed by atoms with van der Waals surface area (Å²) in [5.74, 6) is 1.10. The maximum absolute atomic E-state index is 6.21. The van der Waals surface area contributed by atoms with Crippen molar-refractivity contribution < 1.29 is 0 Å². The second-order valence-corrected chi connectivity index (χ2v) is 6.64. The molecule has 1 aromatic heterocycles. The van der Waals surface area contributed by atoms with E-state index >= 15 is 0 Å². The molecule has 1 aromatic rings. The minimum atomic E-state index is 0.504. The van der Waals surface area contributed by atoms with Crippen LogP contribution in [0.5, 0.6) is 0 Å². The predicted octanol–water partition coefficient (Wildman–Crippen LogP) is 3.20. The van der Waals surface area contributed by atoms with Gasteiger partial charge in [0.2, 0.25) is 0 Å². The van der Waals surface area contributed by atoms with Crippen LogP contribution >= 0.6 is 0 Å². The molecule has 0 spiro atoms. The van der Waals surface area contributed by atoms with E-state index in [-0.39, 0.29) is 0 Å². The average molecular weight is 264 g/mol. The van der Waals surface area contributed by atoms with E-state index < -0.39 is 0 Å². The number of aryl methyl sites for hydroxylation is 2. The lowest BCUT2D eigenvalue weighted by molar-refractivity contribution is 0.222. The molecule has 2 N–H and O–H groups in total. The first-order valence-electron chi connectivity index (χ1n) is 7.41. The highest BCUT2D eigenvalue weighted by atomic mass is 15.4. The van der Waals surface area contributed by atoms with Crippen molar-refractivity contribution in [3.63, 3.8) is 0 Å². The van der Waals surface area contributed by atoms with Gasteiger partial charge in [0.15, 0.2) is 5.82 Å². The largest absolute Gasteiger partial charge is 0.394 e. The maximum Gasteiger partial charge on any atom is 0.150 e. The van der Waals surface area contributed by atoms with Crippen molar-refractivity contribution in [2.45, 2.75) is 66.0 Å². The molecule has 0 saturated heterocycles. The van der Waals surface area contributed by atoms with Gasteiger partial charge in [0, 0.05) is 19.6 Å². The van der Waals surface area contributed by atoms with Gasteiger partial charge in [-0.3, -0.25) is 0 Å². The van der Waals surface area contributed by atoms with Crippen LogP contribution in [0.4, 0.5) is 11.5 Å². The first-order valence-corrected chi connectivity index (χ1v) is 7.41. The van der Waals surface area contributed by atoms with Gasteiger partial charge in [-0.05, 0) is 44.9 Å². The summed E-state index contributed by atoms with van der Waals surface area (Å²) >= 11 is 0. The van der Waals surface area contributed by atoms with E-state index in [1.165, 1.54) is 25.7 Å². The minimum Gasteiger partial charge on any atom is -0.394 e. The highest BCUT2D eigenvalue weighted by molar-refractivity contribution is 5.66. The number of nitrogen functional groups attached to an aromatic ring is 1. The molecule has 1 fully saturated rings. The molecule has 0 amide bonds. The quantitative estimate of drug-likeness (QED) is 0.912. The van der Waals surface area contributed by atoms with Gasteiger partial charge in [0.1, 0.15) is 0 Å². The third kappa shape index (κ3) is 2.72. The van der Waals surface area contributed by atoms with Crippen molar-refractivity contribution in [2.75, 3.05) is 17.7 Å². The standard InChI is InChI=1S/C15H28N4/c1-6-19-14(13(16)11(2)17-19)18(5)12-7-9-15(3,4)10-8-12/h12H,6-10,16H2,1-5H3. The maximum atomic E-state index is 6.21. The van der Waals surface area contributed by atoms with Gasteiger partial charge < -0.3 is 10.6 Å². The Labute approximate surface area is 117 Å². The second-order valence-electron chi connectivity index (χ2n) is 6.64. The van der Waals surface area contributed by atoms with E-state index in [9.17, 15) is 0 Å². The van der Waals surface area contributed by atoms with Gasteiger partial charge in [0.25, 0.3) is 0 Å². The van der Waals surface area contributed by atoms with Gasteiger partial charge in [-0.1, -0.05) is 13.8 Å². The molecule has 1 saturated carbocycles.